The van der Waals surface area contributed by atoms with Crippen molar-refractivity contribution in [1.82, 2.24) is 10.2 Å². The molecule has 1 heterocycles. The molecule has 2 atom stereocenters. The van der Waals surface area contributed by atoms with Crippen LogP contribution in [0.4, 0.5) is 4.79 Å². The summed E-state index contributed by atoms with van der Waals surface area (Å²) in [6.45, 7) is 11.2. The Morgan fingerprint density at radius 1 is 1.17 bits per heavy atom. The molecular weight excluding hydrogens is 392 g/mol. The fourth-order valence-electron chi connectivity index (χ4n) is 2.86. The number of unbranched alkanes of at least 4 members (excludes halogenated alkanes) is 1. The fraction of sp³-hybridized carbons (Fsp3) is 0.905. The van der Waals surface area contributed by atoms with Crippen LogP contribution in [-0.4, -0.2) is 77.1 Å². The Labute approximate surface area is 180 Å². The standard InChI is InChI=1S/C21H40N2O7/c1-6-21(5,30-19(27)23-13-10-16(24)11-14-23)15-28-18(29-20(2,3)4)22-12-8-7-9-17(25)26/h16,18,22,24H,6-15H2,1-5H3,(H,25,26). The van der Waals surface area contributed by atoms with Crippen molar-refractivity contribution in [3.05, 3.63) is 0 Å². The summed E-state index contributed by atoms with van der Waals surface area (Å²) in [4.78, 5) is 24.8. The van der Waals surface area contributed by atoms with E-state index < -0.39 is 29.7 Å². The van der Waals surface area contributed by atoms with Gasteiger partial charge in [0.15, 0.2) is 0 Å². The number of aliphatic hydroxyl groups is 1. The zero-order chi connectivity index (χ0) is 22.8. The molecule has 0 bridgehead atoms. The number of piperidine rings is 1. The minimum absolute atomic E-state index is 0.130. The molecule has 2 unspecified atom stereocenters. The van der Waals surface area contributed by atoms with Crippen LogP contribution in [0.15, 0.2) is 0 Å². The van der Waals surface area contributed by atoms with Gasteiger partial charge in [-0.3, -0.25) is 10.1 Å². The van der Waals surface area contributed by atoms with Gasteiger partial charge in [-0.1, -0.05) is 6.92 Å². The second-order valence-corrected chi connectivity index (χ2v) is 9.07. The van der Waals surface area contributed by atoms with Crippen molar-refractivity contribution in [2.45, 2.75) is 96.9 Å². The van der Waals surface area contributed by atoms with Crippen molar-refractivity contribution in [3.8, 4) is 0 Å². The van der Waals surface area contributed by atoms with Crippen LogP contribution in [0.5, 0.6) is 0 Å². The molecule has 0 aliphatic carbocycles. The van der Waals surface area contributed by atoms with Crippen molar-refractivity contribution in [2.75, 3.05) is 26.2 Å². The number of nitrogens with zero attached hydrogens (tertiary/aromatic N) is 1. The number of rotatable bonds is 12. The maximum absolute atomic E-state index is 12.5. The van der Waals surface area contributed by atoms with Gasteiger partial charge in [-0.2, -0.15) is 0 Å². The number of ether oxygens (including phenoxy) is 3. The molecule has 0 aromatic heterocycles. The van der Waals surface area contributed by atoms with Crippen LogP contribution in [0.1, 0.15) is 73.1 Å². The van der Waals surface area contributed by atoms with Crippen molar-refractivity contribution in [1.29, 1.82) is 0 Å². The van der Waals surface area contributed by atoms with Crippen LogP contribution >= 0.6 is 0 Å². The number of hydrogen-bond acceptors (Lipinski definition) is 7. The van der Waals surface area contributed by atoms with Gasteiger partial charge in [-0.05, 0) is 66.3 Å². The van der Waals surface area contributed by atoms with Gasteiger partial charge in [0.2, 0.25) is 6.41 Å². The minimum atomic E-state index is -0.822. The van der Waals surface area contributed by atoms with E-state index in [-0.39, 0.29) is 19.1 Å². The Bertz CT molecular complexity index is 530. The van der Waals surface area contributed by atoms with Gasteiger partial charge in [-0.15, -0.1) is 0 Å². The normalized spacial score (nSPS) is 18.7. The number of likely N-dealkylation sites (tertiary alicyclic amines) is 1. The summed E-state index contributed by atoms with van der Waals surface area (Å²) in [5.74, 6) is -0.808. The number of aliphatic hydroxyl groups excluding tert-OH is 1. The molecule has 1 aliphatic rings. The Morgan fingerprint density at radius 3 is 2.33 bits per heavy atom. The number of aliphatic carboxylic acids is 1. The smallest absolute Gasteiger partial charge is 0.410 e. The first-order chi connectivity index (χ1) is 13.9. The first kappa shape index (κ1) is 26.6. The molecule has 176 valence electrons. The van der Waals surface area contributed by atoms with Crippen LogP contribution in [0, 0.1) is 0 Å². The maximum Gasteiger partial charge on any atom is 0.410 e. The van der Waals surface area contributed by atoms with E-state index in [0.717, 1.165) is 0 Å². The highest BCUT2D eigenvalue weighted by Crippen LogP contribution is 2.21. The summed E-state index contributed by atoms with van der Waals surface area (Å²) in [6, 6.07) is 0. The first-order valence-electron chi connectivity index (χ1n) is 10.8. The Morgan fingerprint density at radius 2 is 1.80 bits per heavy atom. The van der Waals surface area contributed by atoms with Crippen LogP contribution in [-0.2, 0) is 19.0 Å². The molecule has 9 heteroatoms. The average Bonchev–Trinajstić information content (AvgIpc) is 2.64. The first-order valence-corrected chi connectivity index (χ1v) is 10.8. The van der Waals surface area contributed by atoms with Crippen molar-refractivity contribution in [3.63, 3.8) is 0 Å². The largest absolute Gasteiger partial charge is 0.481 e. The molecular formula is C21H40N2O7. The summed E-state index contributed by atoms with van der Waals surface area (Å²) in [6.07, 6.45) is 1.60. The lowest BCUT2D eigenvalue weighted by molar-refractivity contribution is -0.228. The van der Waals surface area contributed by atoms with Gasteiger partial charge < -0.3 is 29.3 Å². The van der Waals surface area contributed by atoms with Gasteiger partial charge in [-0.25, -0.2) is 4.79 Å². The number of carbonyl (C=O) groups excluding carboxylic acids is 1. The lowest BCUT2D eigenvalue weighted by atomic mass is 10.1. The Balaban J connectivity index is 2.56. The minimum Gasteiger partial charge on any atom is -0.481 e. The monoisotopic (exact) mass is 432 g/mol. The maximum atomic E-state index is 12.5. The molecule has 1 saturated heterocycles. The third-order valence-electron chi connectivity index (χ3n) is 4.93. The highest BCUT2D eigenvalue weighted by atomic mass is 16.7. The van der Waals surface area contributed by atoms with Gasteiger partial charge in [0, 0.05) is 19.5 Å². The molecule has 0 spiro atoms. The van der Waals surface area contributed by atoms with E-state index in [2.05, 4.69) is 5.32 Å². The van der Waals surface area contributed by atoms with E-state index >= 15 is 0 Å². The highest BCUT2D eigenvalue weighted by molar-refractivity contribution is 5.68. The third-order valence-corrected chi connectivity index (χ3v) is 4.93. The molecule has 1 fully saturated rings. The molecule has 3 N–H and O–H groups in total. The topological polar surface area (TPSA) is 118 Å². The number of carboxylic acid groups (broad SMARTS) is 1. The second-order valence-electron chi connectivity index (χ2n) is 9.07. The molecule has 1 amide bonds. The number of amides is 1. The van der Waals surface area contributed by atoms with Crippen molar-refractivity contribution in [2.24, 2.45) is 0 Å². The number of hydrogen-bond donors (Lipinski definition) is 3. The highest BCUT2D eigenvalue weighted by Gasteiger charge is 2.33. The molecule has 0 radical (unpaired) electrons. The molecule has 30 heavy (non-hydrogen) atoms. The lowest BCUT2D eigenvalue weighted by Crippen LogP contribution is -2.48. The summed E-state index contributed by atoms with van der Waals surface area (Å²) >= 11 is 0. The van der Waals surface area contributed by atoms with Crippen LogP contribution in [0.3, 0.4) is 0 Å². The van der Waals surface area contributed by atoms with E-state index in [1.54, 1.807) is 4.90 Å². The predicted molar refractivity (Wildman–Crippen MR) is 112 cm³/mol. The summed E-state index contributed by atoms with van der Waals surface area (Å²) in [5, 5.41) is 21.5. The molecule has 0 aromatic rings. The van der Waals surface area contributed by atoms with Crippen molar-refractivity contribution < 1.29 is 34.0 Å². The van der Waals surface area contributed by atoms with E-state index in [9.17, 15) is 14.7 Å². The fourth-order valence-corrected chi connectivity index (χ4v) is 2.86. The van der Waals surface area contributed by atoms with Crippen LogP contribution < -0.4 is 5.32 Å². The van der Waals surface area contributed by atoms with Crippen LogP contribution in [0.25, 0.3) is 0 Å². The summed E-state index contributed by atoms with van der Waals surface area (Å²) in [7, 11) is 0. The Hall–Kier alpha value is -1.42. The molecule has 1 rings (SSSR count). The molecule has 0 saturated carbocycles. The lowest BCUT2D eigenvalue weighted by Gasteiger charge is -2.36. The predicted octanol–water partition coefficient (Wildman–Crippen LogP) is 2.71. The van der Waals surface area contributed by atoms with Crippen LogP contribution in [0.2, 0.25) is 0 Å². The van der Waals surface area contributed by atoms with E-state index in [1.807, 2.05) is 34.6 Å². The van der Waals surface area contributed by atoms with Gasteiger partial charge in [0.25, 0.3) is 0 Å². The summed E-state index contributed by atoms with van der Waals surface area (Å²) in [5.41, 5.74) is -1.27. The van der Waals surface area contributed by atoms with Crippen molar-refractivity contribution >= 4 is 12.1 Å². The SMILES string of the molecule is CCC(C)(COC(NCCCCC(=O)O)OC(C)(C)C)OC(=O)N1CCC(O)CC1. The van der Waals surface area contributed by atoms with Gasteiger partial charge >= 0.3 is 12.1 Å². The average molecular weight is 433 g/mol. The summed E-state index contributed by atoms with van der Waals surface area (Å²) < 4.78 is 17.6. The van der Waals surface area contributed by atoms with E-state index in [0.29, 0.717) is 51.7 Å². The zero-order valence-corrected chi connectivity index (χ0v) is 19.1. The number of carboxylic acids is 1. The third kappa shape index (κ3) is 11.1. The van der Waals surface area contributed by atoms with Gasteiger partial charge in [0.1, 0.15) is 5.60 Å². The van der Waals surface area contributed by atoms with Gasteiger partial charge in [0.05, 0.1) is 18.3 Å². The van der Waals surface area contributed by atoms with E-state index in [4.69, 9.17) is 19.3 Å². The quantitative estimate of drug-likeness (QED) is 0.318. The molecule has 1 aliphatic heterocycles. The molecule has 0 aromatic carbocycles. The number of carbonyl (C=O) groups is 2. The molecule has 9 nitrogen and oxygen atoms in total. The Kier molecular flexibility index (Phi) is 11.0. The zero-order valence-electron chi connectivity index (χ0n) is 19.1. The number of nitrogens with one attached hydrogen (secondary N) is 1. The second kappa shape index (κ2) is 12.4. The van der Waals surface area contributed by atoms with E-state index in [1.165, 1.54) is 0 Å².